The third kappa shape index (κ3) is 2.83. The van der Waals surface area contributed by atoms with Crippen LogP contribution in [-0.2, 0) is 23.0 Å². The fraction of sp³-hybridized carbons (Fsp3) is 0.231. The molecule has 1 N–H and O–H groups in total. The van der Waals surface area contributed by atoms with E-state index in [1.807, 2.05) is 0 Å². The van der Waals surface area contributed by atoms with Crippen molar-refractivity contribution in [1.29, 1.82) is 0 Å². The summed E-state index contributed by atoms with van der Waals surface area (Å²) in [5, 5.41) is 12.8. The number of aromatic nitrogens is 1. The van der Waals surface area contributed by atoms with Crippen molar-refractivity contribution in [2.75, 3.05) is 6.54 Å². The van der Waals surface area contributed by atoms with Crippen molar-refractivity contribution >= 4 is 39.2 Å². The number of fused-ring (bicyclic) bond motifs is 1. The summed E-state index contributed by atoms with van der Waals surface area (Å²) in [5.74, 6) is -0.888. The van der Waals surface area contributed by atoms with Crippen molar-refractivity contribution in [1.82, 2.24) is 9.46 Å². The van der Waals surface area contributed by atoms with Crippen molar-refractivity contribution in [3.05, 3.63) is 45.3 Å². The third-order valence-electron chi connectivity index (χ3n) is 3.51. The van der Waals surface area contributed by atoms with Crippen LogP contribution < -0.4 is 0 Å². The minimum absolute atomic E-state index is 0.0453. The lowest BCUT2D eigenvalue weighted by Gasteiger charge is -2.25. The molecule has 0 bridgehead atoms. The van der Waals surface area contributed by atoms with E-state index in [2.05, 4.69) is 5.16 Å². The highest BCUT2D eigenvalue weighted by Gasteiger charge is 2.34. The van der Waals surface area contributed by atoms with Gasteiger partial charge in [-0.1, -0.05) is 28.4 Å². The summed E-state index contributed by atoms with van der Waals surface area (Å²) in [6.07, 6.45) is 0.229. The molecule has 2 heterocycles. The van der Waals surface area contributed by atoms with Crippen LogP contribution in [0, 0.1) is 0 Å². The van der Waals surface area contributed by atoms with Crippen molar-refractivity contribution in [2.24, 2.45) is 0 Å². The first-order valence-electron chi connectivity index (χ1n) is 6.46. The van der Waals surface area contributed by atoms with Crippen LogP contribution in [0.1, 0.15) is 21.8 Å². The van der Waals surface area contributed by atoms with Gasteiger partial charge < -0.3 is 9.63 Å². The van der Waals surface area contributed by atoms with Gasteiger partial charge in [0.2, 0.25) is 10.0 Å². The van der Waals surface area contributed by atoms with E-state index in [9.17, 15) is 13.2 Å². The van der Waals surface area contributed by atoms with E-state index in [-0.39, 0.29) is 45.7 Å². The molecule has 0 spiro atoms. The van der Waals surface area contributed by atoms with Gasteiger partial charge in [0.1, 0.15) is 10.7 Å². The Balaban J connectivity index is 2.01. The average Bonchev–Trinajstić information content (AvgIpc) is 2.92. The van der Waals surface area contributed by atoms with E-state index in [0.717, 1.165) is 4.31 Å². The number of hydrogen-bond donors (Lipinski definition) is 1. The first-order chi connectivity index (χ1) is 10.8. The Labute approximate surface area is 141 Å². The molecule has 0 saturated carbocycles. The largest absolute Gasteiger partial charge is 0.476 e. The number of carboxylic acid groups (broad SMARTS) is 1. The molecular formula is C13H10Cl2N2O5S. The van der Waals surface area contributed by atoms with Crippen LogP contribution in [0.4, 0.5) is 0 Å². The zero-order chi connectivity index (χ0) is 16.8. The van der Waals surface area contributed by atoms with Gasteiger partial charge in [0.25, 0.3) is 0 Å². The molecule has 10 heteroatoms. The van der Waals surface area contributed by atoms with Gasteiger partial charge in [-0.15, -0.1) is 0 Å². The number of aromatic carboxylic acids is 1. The van der Waals surface area contributed by atoms with E-state index in [1.165, 1.54) is 18.2 Å². The lowest BCUT2D eigenvalue weighted by Crippen LogP contribution is -2.36. The molecule has 0 fully saturated rings. The molecule has 0 aliphatic carbocycles. The van der Waals surface area contributed by atoms with Crippen LogP contribution in [0.2, 0.25) is 10.0 Å². The Morgan fingerprint density at radius 2 is 2.09 bits per heavy atom. The maximum Gasteiger partial charge on any atom is 0.358 e. The molecule has 0 radical (unpaired) electrons. The van der Waals surface area contributed by atoms with Crippen LogP contribution in [0.5, 0.6) is 0 Å². The van der Waals surface area contributed by atoms with Crippen molar-refractivity contribution in [3.8, 4) is 0 Å². The Bertz CT molecular complexity index is 894. The van der Waals surface area contributed by atoms with Crippen LogP contribution in [0.25, 0.3) is 0 Å². The second kappa shape index (κ2) is 5.79. The van der Waals surface area contributed by atoms with Gasteiger partial charge in [0, 0.05) is 30.1 Å². The summed E-state index contributed by atoms with van der Waals surface area (Å²) in [5.41, 5.74) is -0.0254. The second-order valence-corrected chi connectivity index (χ2v) is 7.65. The first-order valence-corrected chi connectivity index (χ1v) is 8.66. The molecule has 122 valence electrons. The number of carbonyl (C=O) groups is 1. The fourth-order valence-electron chi connectivity index (χ4n) is 2.37. The maximum absolute atomic E-state index is 12.8. The molecule has 0 unspecified atom stereocenters. The Morgan fingerprint density at radius 3 is 2.78 bits per heavy atom. The number of halogens is 2. The first kappa shape index (κ1) is 16.3. The third-order valence-corrected chi connectivity index (χ3v) is 6.07. The fourth-order valence-corrected chi connectivity index (χ4v) is 4.52. The van der Waals surface area contributed by atoms with E-state index in [0.29, 0.717) is 5.76 Å². The Morgan fingerprint density at radius 1 is 1.35 bits per heavy atom. The van der Waals surface area contributed by atoms with Crippen molar-refractivity contribution in [2.45, 2.75) is 17.9 Å². The van der Waals surface area contributed by atoms with E-state index in [1.54, 1.807) is 0 Å². The van der Waals surface area contributed by atoms with Gasteiger partial charge in [0.05, 0.1) is 5.02 Å². The monoisotopic (exact) mass is 376 g/mol. The topological polar surface area (TPSA) is 101 Å². The van der Waals surface area contributed by atoms with Crippen LogP contribution in [0.3, 0.4) is 0 Å². The van der Waals surface area contributed by atoms with E-state index >= 15 is 0 Å². The molecular weight excluding hydrogens is 367 g/mol. The number of hydrogen-bond acceptors (Lipinski definition) is 5. The molecule has 3 rings (SSSR count). The minimum Gasteiger partial charge on any atom is -0.476 e. The predicted octanol–water partition coefficient (Wildman–Crippen LogP) is 2.43. The normalized spacial score (nSPS) is 15.4. The van der Waals surface area contributed by atoms with Gasteiger partial charge in [-0.2, -0.15) is 4.31 Å². The molecule has 23 heavy (non-hydrogen) atoms. The summed E-state index contributed by atoms with van der Waals surface area (Å²) in [7, 11) is -3.92. The maximum atomic E-state index is 12.8. The highest BCUT2D eigenvalue weighted by atomic mass is 35.5. The standard InChI is InChI=1S/C13H10Cl2N2O5S/c14-7-1-2-9(15)11(5-7)23(20,21)17-4-3-10-8(6-17)12(13(18)19)16-22-10/h1-2,5H,3-4,6H2,(H,18,19). The molecule has 1 aliphatic rings. The second-order valence-electron chi connectivity index (χ2n) is 4.90. The predicted molar refractivity (Wildman–Crippen MR) is 81.2 cm³/mol. The molecule has 1 aromatic heterocycles. The molecule has 2 aromatic rings. The summed E-state index contributed by atoms with van der Waals surface area (Å²) in [6, 6.07) is 4.15. The number of sulfonamides is 1. The van der Waals surface area contributed by atoms with Gasteiger partial charge in [-0.3, -0.25) is 0 Å². The average molecular weight is 377 g/mol. The molecule has 1 aliphatic heterocycles. The molecule has 0 saturated heterocycles. The van der Waals surface area contributed by atoms with Gasteiger partial charge in [-0.25, -0.2) is 13.2 Å². The molecule has 0 amide bonds. The van der Waals surface area contributed by atoms with Crippen molar-refractivity contribution < 1.29 is 22.8 Å². The zero-order valence-corrected chi connectivity index (χ0v) is 13.8. The highest BCUT2D eigenvalue weighted by Crippen LogP contribution is 2.31. The smallest absolute Gasteiger partial charge is 0.358 e. The summed E-state index contributed by atoms with van der Waals surface area (Å²) in [4.78, 5) is 11.0. The van der Waals surface area contributed by atoms with E-state index < -0.39 is 16.0 Å². The summed E-state index contributed by atoms with van der Waals surface area (Å²) < 4.78 is 31.6. The van der Waals surface area contributed by atoms with Crippen molar-refractivity contribution in [3.63, 3.8) is 0 Å². The van der Waals surface area contributed by atoms with E-state index in [4.69, 9.17) is 32.8 Å². The van der Waals surface area contributed by atoms with Gasteiger partial charge >= 0.3 is 5.97 Å². The van der Waals surface area contributed by atoms with Crippen LogP contribution in [-0.4, -0.2) is 35.5 Å². The molecule has 7 nitrogen and oxygen atoms in total. The molecule has 0 atom stereocenters. The van der Waals surface area contributed by atoms with Gasteiger partial charge in [-0.05, 0) is 18.2 Å². The zero-order valence-electron chi connectivity index (χ0n) is 11.5. The highest BCUT2D eigenvalue weighted by molar-refractivity contribution is 7.89. The van der Waals surface area contributed by atoms with Crippen LogP contribution >= 0.6 is 23.2 Å². The quantitative estimate of drug-likeness (QED) is 0.882. The minimum atomic E-state index is -3.92. The lowest BCUT2D eigenvalue weighted by atomic mass is 10.1. The number of carboxylic acids is 1. The lowest BCUT2D eigenvalue weighted by molar-refractivity contribution is 0.0684. The number of nitrogens with zero attached hydrogens (tertiary/aromatic N) is 2. The summed E-state index contributed by atoms with van der Waals surface area (Å²) in [6.45, 7) is -0.0158. The Kier molecular flexibility index (Phi) is 4.09. The summed E-state index contributed by atoms with van der Waals surface area (Å²) >= 11 is 11.8. The molecule has 1 aromatic carbocycles. The van der Waals surface area contributed by atoms with Gasteiger partial charge in [0.15, 0.2) is 5.69 Å². The van der Waals surface area contributed by atoms with Crippen LogP contribution in [0.15, 0.2) is 27.6 Å². The number of benzene rings is 1. The number of rotatable bonds is 3. The Hall–Kier alpha value is -1.61. The SMILES string of the molecule is O=C(O)c1noc2c1CN(S(=O)(=O)c1cc(Cl)ccc1Cl)CC2.